The third-order valence-corrected chi connectivity index (χ3v) is 4.24. The van der Waals surface area contributed by atoms with Gasteiger partial charge in [0, 0.05) is 8.59 Å². The largest absolute Gasteiger partial charge is 0.331 e. The molecule has 5 heteroatoms. The number of aromatic amines is 1. The van der Waals surface area contributed by atoms with E-state index in [-0.39, 0.29) is 0 Å². The van der Waals surface area contributed by atoms with Gasteiger partial charge in [0.25, 0.3) is 0 Å². The summed E-state index contributed by atoms with van der Waals surface area (Å²) < 4.78 is 4.04. The molecule has 0 atom stereocenters. The number of hydrogen-bond acceptors (Lipinski definition) is 1. The molecule has 2 nitrogen and oxygen atoms in total. The van der Waals surface area contributed by atoms with Crippen molar-refractivity contribution >= 4 is 57.4 Å². The fraction of sp³-hybridized carbons (Fsp3) is 0.0714. The smallest absolute Gasteiger partial charge is 0.178 e. The topological polar surface area (TPSA) is 20.7 Å². The van der Waals surface area contributed by atoms with E-state index in [2.05, 4.69) is 50.3 Å². The molecule has 0 saturated heterocycles. The lowest BCUT2D eigenvalue weighted by Gasteiger charge is -2.05. The number of hydrogen-bond donors (Lipinski definition) is 1. The van der Waals surface area contributed by atoms with Crippen LogP contribution in [0.4, 0.5) is 0 Å². The standard InChI is InChI=1S/C14H10ClIN2S/c15-10-3-1-9(2-4-10)8-18-13-6-5-11(16)7-12(13)17-14(18)19/h1-7H,8H2,(H,17,19). The molecule has 1 aromatic heterocycles. The maximum Gasteiger partial charge on any atom is 0.178 e. The fourth-order valence-corrected chi connectivity index (χ4v) is 2.96. The highest BCUT2D eigenvalue weighted by molar-refractivity contribution is 14.1. The van der Waals surface area contributed by atoms with Crippen LogP contribution in [0.3, 0.4) is 0 Å². The summed E-state index contributed by atoms with van der Waals surface area (Å²) in [6.45, 7) is 0.747. The first-order chi connectivity index (χ1) is 9.13. The zero-order valence-corrected chi connectivity index (χ0v) is 13.6. The second kappa shape index (κ2) is 5.26. The van der Waals surface area contributed by atoms with Crippen molar-refractivity contribution in [2.24, 2.45) is 0 Å². The summed E-state index contributed by atoms with van der Waals surface area (Å²) in [6.07, 6.45) is 0. The van der Waals surface area contributed by atoms with Gasteiger partial charge >= 0.3 is 0 Å². The number of fused-ring (bicyclic) bond motifs is 1. The maximum absolute atomic E-state index is 5.90. The van der Waals surface area contributed by atoms with Crippen molar-refractivity contribution in [1.29, 1.82) is 0 Å². The molecule has 0 saturated carbocycles. The molecule has 0 aliphatic rings. The summed E-state index contributed by atoms with van der Waals surface area (Å²) in [5.74, 6) is 0. The van der Waals surface area contributed by atoms with E-state index in [4.69, 9.17) is 23.8 Å². The third kappa shape index (κ3) is 2.70. The average molecular weight is 401 g/mol. The van der Waals surface area contributed by atoms with Gasteiger partial charge in [-0.2, -0.15) is 0 Å². The minimum absolute atomic E-state index is 0.743. The molecule has 2 aromatic carbocycles. The van der Waals surface area contributed by atoms with Crippen LogP contribution in [0.15, 0.2) is 42.5 Å². The Hall–Kier alpha value is -0.850. The van der Waals surface area contributed by atoms with Gasteiger partial charge in [-0.1, -0.05) is 23.7 Å². The molecule has 19 heavy (non-hydrogen) atoms. The Morgan fingerprint density at radius 3 is 2.63 bits per heavy atom. The van der Waals surface area contributed by atoms with Crippen molar-refractivity contribution in [2.75, 3.05) is 0 Å². The second-order valence-corrected chi connectivity index (χ2v) is 6.37. The van der Waals surface area contributed by atoms with E-state index in [0.717, 1.165) is 27.4 Å². The third-order valence-electron chi connectivity index (χ3n) is 2.99. The van der Waals surface area contributed by atoms with E-state index in [1.165, 1.54) is 9.13 Å². The monoisotopic (exact) mass is 400 g/mol. The van der Waals surface area contributed by atoms with Gasteiger partial charge in [-0.05, 0) is 70.7 Å². The van der Waals surface area contributed by atoms with Gasteiger partial charge in [0.1, 0.15) is 0 Å². The van der Waals surface area contributed by atoms with Crippen molar-refractivity contribution < 1.29 is 0 Å². The predicted molar refractivity (Wildman–Crippen MR) is 90.4 cm³/mol. The number of nitrogens with zero attached hydrogens (tertiary/aromatic N) is 1. The van der Waals surface area contributed by atoms with E-state index in [1.54, 1.807) is 0 Å². The predicted octanol–water partition coefficient (Wildman–Crippen LogP) is 5.01. The molecule has 0 fully saturated rings. The van der Waals surface area contributed by atoms with Gasteiger partial charge < -0.3 is 9.55 Å². The Morgan fingerprint density at radius 2 is 1.89 bits per heavy atom. The molecular weight excluding hydrogens is 391 g/mol. The summed E-state index contributed by atoms with van der Waals surface area (Å²) in [5, 5.41) is 0.751. The van der Waals surface area contributed by atoms with E-state index in [0.29, 0.717) is 0 Å². The molecule has 0 radical (unpaired) electrons. The van der Waals surface area contributed by atoms with E-state index >= 15 is 0 Å². The Kier molecular flexibility index (Phi) is 3.64. The number of H-pyrrole nitrogens is 1. The number of nitrogens with one attached hydrogen (secondary N) is 1. The molecular formula is C14H10ClIN2S. The number of benzene rings is 2. The molecule has 0 amide bonds. The van der Waals surface area contributed by atoms with Crippen LogP contribution in [0.5, 0.6) is 0 Å². The quantitative estimate of drug-likeness (QED) is 0.474. The van der Waals surface area contributed by atoms with Crippen LogP contribution >= 0.6 is 46.4 Å². The maximum atomic E-state index is 5.90. The van der Waals surface area contributed by atoms with E-state index in [1.807, 2.05) is 24.3 Å². The first-order valence-corrected chi connectivity index (χ1v) is 7.62. The highest BCUT2D eigenvalue weighted by Gasteiger charge is 2.05. The van der Waals surface area contributed by atoms with Crippen LogP contribution in [0.2, 0.25) is 5.02 Å². The molecule has 96 valence electrons. The van der Waals surface area contributed by atoms with Crippen LogP contribution in [-0.2, 0) is 6.54 Å². The molecule has 1 N–H and O–H groups in total. The highest BCUT2D eigenvalue weighted by atomic mass is 127. The van der Waals surface area contributed by atoms with Crippen LogP contribution in [-0.4, -0.2) is 9.55 Å². The fourth-order valence-electron chi connectivity index (χ4n) is 2.07. The lowest BCUT2D eigenvalue weighted by atomic mass is 10.2. The number of rotatable bonds is 2. The van der Waals surface area contributed by atoms with Crippen molar-refractivity contribution in [2.45, 2.75) is 6.54 Å². The summed E-state index contributed by atoms with van der Waals surface area (Å²) in [7, 11) is 0. The van der Waals surface area contributed by atoms with Crippen LogP contribution in [0.25, 0.3) is 11.0 Å². The molecule has 0 spiro atoms. The van der Waals surface area contributed by atoms with E-state index < -0.39 is 0 Å². The van der Waals surface area contributed by atoms with E-state index in [9.17, 15) is 0 Å². The van der Waals surface area contributed by atoms with Gasteiger partial charge in [-0.25, -0.2) is 0 Å². The number of halogens is 2. The molecule has 3 rings (SSSR count). The van der Waals surface area contributed by atoms with Crippen molar-refractivity contribution in [3.8, 4) is 0 Å². The van der Waals surface area contributed by atoms with Crippen LogP contribution in [0.1, 0.15) is 5.56 Å². The Balaban J connectivity index is 2.07. The SMILES string of the molecule is S=c1[nH]c2cc(I)ccc2n1Cc1ccc(Cl)cc1. The summed E-state index contributed by atoms with van der Waals surface area (Å²) >= 11 is 13.6. The first-order valence-electron chi connectivity index (χ1n) is 5.76. The zero-order chi connectivity index (χ0) is 13.4. The first kappa shape index (κ1) is 13.1. The van der Waals surface area contributed by atoms with Gasteiger partial charge in [-0.3, -0.25) is 0 Å². The Bertz CT molecular complexity index is 789. The summed E-state index contributed by atoms with van der Waals surface area (Å²) in [6, 6.07) is 14.1. The average Bonchev–Trinajstić information content (AvgIpc) is 2.68. The molecule has 3 aromatic rings. The second-order valence-electron chi connectivity index (χ2n) is 4.30. The molecule has 1 heterocycles. The van der Waals surface area contributed by atoms with Gasteiger partial charge in [-0.15, -0.1) is 0 Å². The summed E-state index contributed by atoms with van der Waals surface area (Å²) in [5.41, 5.74) is 3.38. The minimum atomic E-state index is 0.743. The lowest BCUT2D eigenvalue weighted by Crippen LogP contribution is -1.99. The number of aromatic nitrogens is 2. The Labute approximate surface area is 134 Å². The number of imidazole rings is 1. The van der Waals surface area contributed by atoms with Crippen molar-refractivity contribution in [1.82, 2.24) is 9.55 Å². The van der Waals surface area contributed by atoms with Crippen molar-refractivity contribution in [3.63, 3.8) is 0 Å². The normalized spacial score (nSPS) is 11.1. The molecule has 0 aliphatic carbocycles. The van der Waals surface area contributed by atoms with Gasteiger partial charge in [0.2, 0.25) is 0 Å². The van der Waals surface area contributed by atoms with Crippen LogP contribution in [0, 0.1) is 8.34 Å². The highest BCUT2D eigenvalue weighted by Crippen LogP contribution is 2.19. The van der Waals surface area contributed by atoms with Gasteiger partial charge in [0.05, 0.1) is 17.6 Å². The van der Waals surface area contributed by atoms with Gasteiger partial charge in [0.15, 0.2) is 4.77 Å². The molecule has 0 unspecified atom stereocenters. The molecule has 0 bridgehead atoms. The van der Waals surface area contributed by atoms with Crippen molar-refractivity contribution in [3.05, 3.63) is 61.4 Å². The van der Waals surface area contributed by atoms with Crippen LogP contribution < -0.4 is 0 Å². The summed E-state index contributed by atoms with van der Waals surface area (Å²) in [4.78, 5) is 3.25. The Morgan fingerprint density at radius 1 is 1.16 bits per heavy atom. The lowest BCUT2D eigenvalue weighted by molar-refractivity contribution is 0.810. The zero-order valence-electron chi connectivity index (χ0n) is 9.86. The molecule has 0 aliphatic heterocycles. The minimum Gasteiger partial charge on any atom is -0.331 e.